The molecule has 2 heteroatoms. The highest BCUT2D eigenvalue weighted by molar-refractivity contribution is 5.51. The third-order valence-electron chi connectivity index (χ3n) is 1.78. The molecule has 0 aliphatic carbocycles. The molecule has 0 fully saturated rings. The predicted octanol–water partition coefficient (Wildman–Crippen LogP) is 2.45. The first-order chi connectivity index (χ1) is 6.86. The third-order valence-corrected chi connectivity index (χ3v) is 1.78. The fraction of sp³-hybridized carbons (Fsp3) is 0.333. The van der Waals surface area contributed by atoms with Crippen molar-refractivity contribution >= 4 is 6.08 Å². The molecule has 1 aromatic carbocycles. The van der Waals surface area contributed by atoms with E-state index in [1.54, 1.807) is 0 Å². The maximum absolute atomic E-state index is 5.51. The first-order valence-electron chi connectivity index (χ1n) is 4.96. The molecule has 0 radical (unpaired) electrons. The highest BCUT2D eigenvalue weighted by atomic mass is 16.5. The topological polar surface area (TPSA) is 35.2 Å². The zero-order valence-electron chi connectivity index (χ0n) is 8.57. The third kappa shape index (κ3) is 3.62. The molecule has 1 aromatic rings. The summed E-state index contributed by atoms with van der Waals surface area (Å²) in [7, 11) is 0. The van der Waals surface area contributed by atoms with Crippen molar-refractivity contribution in [3.63, 3.8) is 0 Å². The summed E-state index contributed by atoms with van der Waals surface area (Å²) in [6.07, 6.45) is 4.96. The van der Waals surface area contributed by atoms with Gasteiger partial charge in [-0.3, -0.25) is 0 Å². The van der Waals surface area contributed by atoms with Crippen LogP contribution in [0.5, 0.6) is 5.75 Å². The zero-order chi connectivity index (χ0) is 10.2. The maximum atomic E-state index is 5.51. The number of rotatable bonds is 5. The molecule has 0 amide bonds. The van der Waals surface area contributed by atoms with E-state index in [0.29, 0.717) is 6.54 Å². The summed E-state index contributed by atoms with van der Waals surface area (Å²) < 4.78 is 5.51. The molecule has 0 unspecified atom stereocenters. The van der Waals surface area contributed by atoms with Crippen LogP contribution in [-0.2, 0) is 0 Å². The van der Waals surface area contributed by atoms with Gasteiger partial charge in [0, 0.05) is 6.54 Å². The van der Waals surface area contributed by atoms with E-state index in [1.807, 2.05) is 36.4 Å². The fourth-order valence-electron chi connectivity index (χ4n) is 1.13. The quantitative estimate of drug-likeness (QED) is 0.775. The van der Waals surface area contributed by atoms with Gasteiger partial charge in [-0.1, -0.05) is 31.2 Å². The van der Waals surface area contributed by atoms with E-state index in [4.69, 9.17) is 10.5 Å². The molecule has 0 atom stereocenters. The van der Waals surface area contributed by atoms with Gasteiger partial charge in [0.05, 0.1) is 6.61 Å². The summed E-state index contributed by atoms with van der Waals surface area (Å²) in [5, 5.41) is 0. The van der Waals surface area contributed by atoms with Gasteiger partial charge < -0.3 is 10.5 Å². The zero-order valence-corrected chi connectivity index (χ0v) is 8.57. The van der Waals surface area contributed by atoms with Gasteiger partial charge >= 0.3 is 0 Å². The lowest BCUT2D eigenvalue weighted by Gasteiger charge is -2.04. The average Bonchev–Trinajstić information content (AvgIpc) is 2.24. The fourth-order valence-corrected chi connectivity index (χ4v) is 1.13. The van der Waals surface area contributed by atoms with Crippen LogP contribution in [0.2, 0.25) is 0 Å². The van der Waals surface area contributed by atoms with E-state index in [2.05, 4.69) is 6.92 Å². The maximum Gasteiger partial charge on any atom is 0.119 e. The van der Waals surface area contributed by atoms with E-state index in [9.17, 15) is 0 Å². The van der Waals surface area contributed by atoms with E-state index in [0.717, 1.165) is 24.3 Å². The summed E-state index contributed by atoms with van der Waals surface area (Å²) in [5.41, 5.74) is 6.51. The minimum atomic E-state index is 0.569. The number of hydrogen-bond acceptors (Lipinski definition) is 2. The highest BCUT2D eigenvalue weighted by Crippen LogP contribution is 2.14. The van der Waals surface area contributed by atoms with Crippen molar-refractivity contribution in [2.24, 2.45) is 5.73 Å². The van der Waals surface area contributed by atoms with Gasteiger partial charge in [0.1, 0.15) is 5.75 Å². The molecule has 76 valence electrons. The van der Waals surface area contributed by atoms with Gasteiger partial charge in [0.15, 0.2) is 0 Å². The van der Waals surface area contributed by atoms with Crippen LogP contribution >= 0.6 is 0 Å². The highest BCUT2D eigenvalue weighted by Gasteiger charge is 1.92. The monoisotopic (exact) mass is 191 g/mol. The summed E-state index contributed by atoms with van der Waals surface area (Å²) in [6.45, 7) is 3.43. The Morgan fingerprint density at radius 1 is 1.43 bits per heavy atom. The molecule has 0 spiro atoms. The van der Waals surface area contributed by atoms with Crippen molar-refractivity contribution in [3.05, 3.63) is 35.9 Å². The normalized spacial score (nSPS) is 10.7. The lowest BCUT2D eigenvalue weighted by Crippen LogP contribution is -1.95. The summed E-state index contributed by atoms with van der Waals surface area (Å²) >= 11 is 0. The van der Waals surface area contributed by atoms with Crippen LogP contribution in [0.1, 0.15) is 18.9 Å². The second kappa shape index (κ2) is 6.22. The van der Waals surface area contributed by atoms with Crippen molar-refractivity contribution in [1.29, 1.82) is 0 Å². The molecule has 0 saturated heterocycles. The van der Waals surface area contributed by atoms with Crippen molar-refractivity contribution in [3.8, 4) is 5.75 Å². The molecule has 2 nitrogen and oxygen atoms in total. The first kappa shape index (κ1) is 10.8. The van der Waals surface area contributed by atoms with Crippen LogP contribution < -0.4 is 10.5 Å². The Morgan fingerprint density at radius 3 is 3.00 bits per heavy atom. The van der Waals surface area contributed by atoms with Crippen molar-refractivity contribution in [2.75, 3.05) is 13.2 Å². The summed E-state index contributed by atoms with van der Waals surface area (Å²) in [6, 6.07) is 8.00. The van der Waals surface area contributed by atoms with Gasteiger partial charge in [-0.2, -0.15) is 0 Å². The molecule has 14 heavy (non-hydrogen) atoms. The number of ether oxygens (including phenoxy) is 1. The largest absolute Gasteiger partial charge is 0.494 e. The van der Waals surface area contributed by atoms with Gasteiger partial charge in [0.2, 0.25) is 0 Å². The van der Waals surface area contributed by atoms with Gasteiger partial charge in [-0.25, -0.2) is 0 Å². The number of benzene rings is 1. The molecular formula is C12H17NO. The number of nitrogens with two attached hydrogens (primary N) is 1. The molecule has 0 bridgehead atoms. The second-order valence-electron chi connectivity index (χ2n) is 3.06. The SMILES string of the molecule is CCCOc1cccc(C=CCN)c1. The molecule has 2 N–H and O–H groups in total. The molecule has 0 heterocycles. The first-order valence-corrected chi connectivity index (χ1v) is 4.96. The molecule has 0 aromatic heterocycles. The van der Waals surface area contributed by atoms with Crippen LogP contribution in [-0.4, -0.2) is 13.2 Å². The Labute approximate surface area is 85.4 Å². The lowest BCUT2D eigenvalue weighted by molar-refractivity contribution is 0.317. The minimum Gasteiger partial charge on any atom is -0.494 e. The van der Waals surface area contributed by atoms with Crippen LogP contribution in [0.25, 0.3) is 6.08 Å². The van der Waals surface area contributed by atoms with Crippen molar-refractivity contribution < 1.29 is 4.74 Å². The van der Waals surface area contributed by atoms with Gasteiger partial charge in [0.25, 0.3) is 0 Å². The summed E-state index contributed by atoms with van der Waals surface area (Å²) in [4.78, 5) is 0. The molecule has 0 saturated carbocycles. The van der Waals surface area contributed by atoms with E-state index in [1.165, 1.54) is 0 Å². The summed E-state index contributed by atoms with van der Waals surface area (Å²) in [5.74, 6) is 0.922. The molecule has 0 aliphatic rings. The molecule has 1 rings (SSSR count). The van der Waals surface area contributed by atoms with Crippen LogP contribution in [0.3, 0.4) is 0 Å². The van der Waals surface area contributed by atoms with Crippen molar-refractivity contribution in [2.45, 2.75) is 13.3 Å². The predicted molar refractivity (Wildman–Crippen MR) is 60.3 cm³/mol. The molecule has 0 aliphatic heterocycles. The Balaban J connectivity index is 2.63. The van der Waals surface area contributed by atoms with Crippen molar-refractivity contribution in [1.82, 2.24) is 0 Å². The Kier molecular flexibility index (Phi) is 4.79. The molecular weight excluding hydrogens is 174 g/mol. The van der Waals surface area contributed by atoms with E-state index < -0.39 is 0 Å². The van der Waals surface area contributed by atoms with Crippen LogP contribution in [0, 0.1) is 0 Å². The van der Waals surface area contributed by atoms with E-state index in [-0.39, 0.29) is 0 Å². The minimum absolute atomic E-state index is 0.569. The number of hydrogen-bond donors (Lipinski definition) is 1. The van der Waals surface area contributed by atoms with Crippen LogP contribution in [0.15, 0.2) is 30.3 Å². The Morgan fingerprint density at radius 2 is 2.29 bits per heavy atom. The van der Waals surface area contributed by atoms with Gasteiger partial charge in [-0.15, -0.1) is 0 Å². The Hall–Kier alpha value is -1.28. The Bertz CT molecular complexity index is 294. The lowest BCUT2D eigenvalue weighted by atomic mass is 10.2. The average molecular weight is 191 g/mol. The van der Waals surface area contributed by atoms with Crippen LogP contribution in [0.4, 0.5) is 0 Å². The smallest absolute Gasteiger partial charge is 0.119 e. The van der Waals surface area contributed by atoms with Gasteiger partial charge in [-0.05, 0) is 24.1 Å². The van der Waals surface area contributed by atoms with E-state index >= 15 is 0 Å². The standard InChI is InChI=1S/C12H17NO/c1-2-9-14-12-7-3-5-11(10-12)6-4-8-13/h3-7,10H,2,8-9,13H2,1H3. The second-order valence-corrected chi connectivity index (χ2v) is 3.06.